The Kier molecular flexibility index (Phi) is 5.53. The number of nitrogens with zero attached hydrogens (tertiary/aromatic N) is 3. The SMILES string of the molecule is CC(C)c1ccccc1Nc1ncc(C(=O)NCc2ccccn2)cn1. The second-order valence-corrected chi connectivity index (χ2v) is 6.17. The number of rotatable bonds is 6. The molecule has 1 aromatic carbocycles. The van der Waals surface area contributed by atoms with Crippen LogP contribution in [0.3, 0.4) is 0 Å². The number of carbonyl (C=O) groups is 1. The van der Waals surface area contributed by atoms with Crippen molar-refractivity contribution in [3.8, 4) is 0 Å². The molecule has 2 aromatic heterocycles. The van der Waals surface area contributed by atoms with Crippen LogP contribution in [0, 0.1) is 0 Å². The number of anilines is 2. The third kappa shape index (κ3) is 4.42. The average molecular weight is 347 g/mol. The van der Waals surface area contributed by atoms with Crippen molar-refractivity contribution in [2.24, 2.45) is 0 Å². The molecule has 2 heterocycles. The smallest absolute Gasteiger partial charge is 0.254 e. The summed E-state index contributed by atoms with van der Waals surface area (Å²) in [5.74, 6) is 0.611. The Morgan fingerprint density at radius 1 is 1.00 bits per heavy atom. The molecule has 2 N–H and O–H groups in total. The summed E-state index contributed by atoms with van der Waals surface area (Å²) < 4.78 is 0. The second kappa shape index (κ2) is 8.20. The highest BCUT2D eigenvalue weighted by molar-refractivity contribution is 5.93. The normalized spacial score (nSPS) is 10.6. The van der Waals surface area contributed by atoms with Crippen molar-refractivity contribution in [2.45, 2.75) is 26.3 Å². The molecule has 26 heavy (non-hydrogen) atoms. The number of para-hydroxylation sites is 1. The fourth-order valence-electron chi connectivity index (χ4n) is 2.52. The zero-order chi connectivity index (χ0) is 18.4. The molecular weight excluding hydrogens is 326 g/mol. The number of hydrogen-bond donors (Lipinski definition) is 2. The van der Waals surface area contributed by atoms with E-state index in [2.05, 4.69) is 45.5 Å². The van der Waals surface area contributed by atoms with E-state index in [-0.39, 0.29) is 5.91 Å². The average Bonchev–Trinajstić information content (AvgIpc) is 2.68. The van der Waals surface area contributed by atoms with Crippen LogP contribution in [0.1, 0.15) is 41.4 Å². The van der Waals surface area contributed by atoms with Gasteiger partial charge in [-0.3, -0.25) is 9.78 Å². The quantitative estimate of drug-likeness (QED) is 0.711. The van der Waals surface area contributed by atoms with Gasteiger partial charge in [0.05, 0.1) is 17.8 Å². The van der Waals surface area contributed by atoms with E-state index in [0.717, 1.165) is 11.4 Å². The number of nitrogens with one attached hydrogen (secondary N) is 2. The third-order valence-corrected chi connectivity index (χ3v) is 3.90. The summed E-state index contributed by atoms with van der Waals surface area (Å²) in [4.78, 5) is 24.9. The van der Waals surface area contributed by atoms with Crippen LogP contribution >= 0.6 is 0 Å². The monoisotopic (exact) mass is 347 g/mol. The van der Waals surface area contributed by atoms with Crippen molar-refractivity contribution < 1.29 is 4.79 Å². The highest BCUT2D eigenvalue weighted by Gasteiger charge is 2.09. The molecule has 0 bridgehead atoms. The summed E-state index contributed by atoms with van der Waals surface area (Å²) in [7, 11) is 0. The molecule has 3 rings (SSSR count). The maximum atomic E-state index is 12.2. The zero-order valence-corrected chi connectivity index (χ0v) is 14.8. The second-order valence-electron chi connectivity index (χ2n) is 6.17. The molecule has 1 amide bonds. The van der Waals surface area contributed by atoms with Gasteiger partial charge in [-0.1, -0.05) is 38.1 Å². The van der Waals surface area contributed by atoms with Gasteiger partial charge in [0.15, 0.2) is 0 Å². The lowest BCUT2D eigenvalue weighted by molar-refractivity contribution is 0.0949. The lowest BCUT2D eigenvalue weighted by Gasteiger charge is -2.13. The number of carbonyl (C=O) groups excluding carboxylic acids is 1. The first-order valence-corrected chi connectivity index (χ1v) is 8.49. The first kappa shape index (κ1) is 17.5. The van der Waals surface area contributed by atoms with Gasteiger partial charge in [0.25, 0.3) is 5.91 Å². The van der Waals surface area contributed by atoms with E-state index >= 15 is 0 Å². The number of benzene rings is 1. The van der Waals surface area contributed by atoms with E-state index in [9.17, 15) is 4.79 Å². The molecule has 0 saturated heterocycles. The van der Waals surface area contributed by atoms with Gasteiger partial charge in [0.1, 0.15) is 0 Å². The molecular formula is C20H21N5O. The number of amides is 1. The molecule has 0 atom stereocenters. The maximum absolute atomic E-state index is 12.2. The van der Waals surface area contributed by atoms with Gasteiger partial charge in [-0.15, -0.1) is 0 Å². The molecule has 132 valence electrons. The first-order chi connectivity index (χ1) is 12.6. The Morgan fingerprint density at radius 2 is 1.73 bits per heavy atom. The van der Waals surface area contributed by atoms with Crippen LogP contribution in [-0.2, 0) is 6.54 Å². The summed E-state index contributed by atoms with van der Waals surface area (Å²) >= 11 is 0. The predicted molar refractivity (Wildman–Crippen MR) is 101 cm³/mol. The minimum absolute atomic E-state index is 0.232. The molecule has 6 nitrogen and oxygen atoms in total. The minimum atomic E-state index is -0.232. The summed E-state index contributed by atoms with van der Waals surface area (Å²) in [6.07, 6.45) is 4.72. The summed E-state index contributed by atoms with van der Waals surface area (Å²) in [5.41, 5.74) is 3.36. The van der Waals surface area contributed by atoms with Crippen LogP contribution in [0.2, 0.25) is 0 Å². The maximum Gasteiger partial charge on any atom is 0.254 e. The molecule has 6 heteroatoms. The molecule has 0 spiro atoms. The standard InChI is InChI=1S/C20H21N5O/c1-14(2)17-8-3-4-9-18(17)25-20-23-11-15(12-24-20)19(26)22-13-16-7-5-6-10-21-16/h3-12,14H,13H2,1-2H3,(H,22,26)(H,23,24,25). The molecule has 0 saturated carbocycles. The van der Waals surface area contributed by atoms with Gasteiger partial charge in [0.2, 0.25) is 5.95 Å². The first-order valence-electron chi connectivity index (χ1n) is 8.49. The van der Waals surface area contributed by atoms with Crippen molar-refractivity contribution in [3.63, 3.8) is 0 Å². The highest BCUT2D eigenvalue weighted by atomic mass is 16.1. The van der Waals surface area contributed by atoms with Crippen molar-refractivity contribution in [1.82, 2.24) is 20.3 Å². The highest BCUT2D eigenvalue weighted by Crippen LogP contribution is 2.25. The lowest BCUT2D eigenvalue weighted by atomic mass is 10.0. The summed E-state index contributed by atoms with van der Waals surface area (Å²) in [6, 6.07) is 13.6. The number of pyridine rings is 1. The Bertz CT molecular complexity index is 863. The van der Waals surface area contributed by atoms with E-state index in [1.165, 1.54) is 18.0 Å². The van der Waals surface area contributed by atoms with Crippen molar-refractivity contribution in [2.75, 3.05) is 5.32 Å². The van der Waals surface area contributed by atoms with Gasteiger partial charge < -0.3 is 10.6 Å². The number of hydrogen-bond acceptors (Lipinski definition) is 5. The Labute approximate surface area is 152 Å². The van der Waals surface area contributed by atoms with Gasteiger partial charge in [-0.25, -0.2) is 9.97 Å². The molecule has 0 aliphatic carbocycles. The van der Waals surface area contributed by atoms with Crippen molar-refractivity contribution >= 4 is 17.5 Å². The largest absolute Gasteiger partial charge is 0.346 e. The molecule has 0 aliphatic heterocycles. The third-order valence-electron chi connectivity index (χ3n) is 3.90. The van der Waals surface area contributed by atoms with E-state index in [1.807, 2.05) is 36.4 Å². The Hall–Kier alpha value is -3.28. The summed E-state index contributed by atoms with van der Waals surface area (Å²) in [5, 5.41) is 6.02. The van der Waals surface area contributed by atoms with Crippen LogP contribution in [0.4, 0.5) is 11.6 Å². The van der Waals surface area contributed by atoms with Gasteiger partial charge in [-0.2, -0.15) is 0 Å². The van der Waals surface area contributed by atoms with Crippen molar-refractivity contribution in [1.29, 1.82) is 0 Å². The van der Waals surface area contributed by atoms with E-state index in [0.29, 0.717) is 24.0 Å². The number of aromatic nitrogens is 3. The van der Waals surface area contributed by atoms with Crippen molar-refractivity contribution in [3.05, 3.63) is 77.9 Å². The van der Waals surface area contributed by atoms with E-state index in [4.69, 9.17) is 0 Å². The Morgan fingerprint density at radius 3 is 2.42 bits per heavy atom. The fourth-order valence-corrected chi connectivity index (χ4v) is 2.52. The van der Waals surface area contributed by atoms with Crippen LogP contribution in [0.25, 0.3) is 0 Å². The fraction of sp³-hybridized carbons (Fsp3) is 0.200. The van der Waals surface area contributed by atoms with Crippen LogP contribution in [0.15, 0.2) is 61.1 Å². The molecule has 3 aromatic rings. The zero-order valence-electron chi connectivity index (χ0n) is 14.8. The molecule has 0 unspecified atom stereocenters. The molecule has 0 aliphatic rings. The lowest BCUT2D eigenvalue weighted by Crippen LogP contribution is -2.23. The molecule has 0 radical (unpaired) electrons. The topological polar surface area (TPSA) is 79.8 Å². The van der Waals surface area contributed by atoms with Gasteiger partial charge >= 0.3 is 0 Å². The van der Waals surface area contributed by atoms with Gasteiger partial charge in [-0.05, 0) is 29.7 Å². The summed E-state index contributed by atoms with van der Waals surface area (Å²) in [6.45, 7) is 4.63. The molecule has 0 fully saturated rings. The predicted octanol–water partition coefficient (Wildman–Crippen LogP) is 3.67. The van der Waals surface area contributed by atoms with E-state index < -0.39 is 0 Å². The van der Waals surface area contributed by atoms with Crippen LogP contribution in [-0.4, -0.2) is 20.9 Å². The van der Waals surface area contributed by atoms with Crippen LogP contribution < -0.4 is 10.6 Å². The minimum Gasteiger partial charge on any atom is -0.346 e. The van der Waals surface area contributed by atoms with Gasteiger partial charge in [0, 0.05) is 24.3 Å². The Balaban J connectivity index is 1.64. The van der Waals surface area contributed by atoms with E-state index in [1.54, 1.807) is 6.20 Å². The van der Waals surface area contributed by atoms with Crippen LogP contribution in [0.5, 0.6) is 0 Å².